The molecule has 1 aliphatic rings. The third kappa shape index (κ3) is 4.20. The van der Waals surface area contributed by atoms with Crippen LogP contribution in [0.2, 0.25) is 0 Å². The second kappa shape index (κ2) is 8.90. The standard InChI is InChI=1S/C24H24F3N3O3/c1-3-28-13(2)14-6-7-29(11-14)22-10-21-16(9-19(22)27)23(31)17(24(32)33)12-30(21)20-5-4-15(25)8-18(20)26/h4-5,8-10,12-14,28H,3,6-7,11H2,1-2H3,(H,32,33)/t13-,14+/m1/s1. The second-order valence-corrected chi connectivity index (χ2v) is 8.30. The number of hydrogen-bond acceptors (Lipinski definition) is 4. The predicted octanol–water partition coefficient (Wildman–Crippen LogP) is 3.93. The van der Waals surface area contributed by atoms with Gasteiger partial charge in [-0.1, -0.05) is 6.92 Å². The molecule has 2 heterocycles. The van der Waals surface area contributed by atoms with Gasteiger partial charge in [0.1, 0.15) is 23.0 Å². The van der Waals surface area contributed by atoms with Gasteiger partial charge in [0.2, 0.25) is 5.43 Å². The molecule has 1 aliphatic heterocycles. The van der Waals surface area contributed by atoms with E-state index in [0.717, 1.165) is 41.9 Å². The number of fused-ring (bicyclic) bond motifs is 1. The Balaban J connectivity index is 1.89. The number of anilines is 1. The van der Waals surface area contributed by atoms with E-state index in [1.54, 1.807) is 0 Å². The van der Waals surface area contributed by atoms with Crippen LogP contribution in [0.5, 0.6) is 0 Å². The number of hydrogen-bond donors (Lipinski definition) is 2. The number of aromatic carboxylic acids is 1. The quantitative estimate of drug-likeness (QED) is 0.584. The average Bonchev–Trinajstić information content (AvgIpc) is 3.25. The molecule has 4 rings (SSSR count). The molecule has 0 bridgehead atoms. The maximum Gasteiger partial charge on any atom is 0.341 e. The molecule has 0 spiro atoms. The lowest BCUT2D eigenvalue weighted by atomic mass is 10.0. The second-order valence-electron chi connectivity index (χ2n) is 8.30. The Morgan fingerprint density at radius 3 is 2.58 bits per heavy atom. The molecular formula is C24H24F3N3O3. The number of carbonyl (C=O) groups is 1. The zero-order chi connectivity index (χ0) is 23.9. The Bertz CT molecular complexity index is 1290. The molecule has 0 amide bonds. The first-order valence-electron chi connectivity index (χ1n) is 10.8. The van der Waals surface area contributed by atoms with Crippen LogP contribution in [0.3, 0.4) is 0 Å². The SMILES string of the molecule is CCN[C@H](C)[C@H]1CCN(c2cc3c(cc2F)c(=O)c(C(=O)O)cn3-c2ccc(F)cc2F)C1. The van der Waals surface area contributed by atoms with Crippen molar-refractivity contribution in [3.05, 3.63) is 69.8 Å². The van der Waals surface area contributed by atoms with Crippen molar-refractivity contribution in [2.24, 2.45) is 5.92 Å². The van der Waals surface area contributed by atoms with Gasteiger partial charge in [-0.25, -0.2) is 18.0 Å². The summed E-state index contributed by atoms with van der Waals surface area (Å²) in [6.07, 6.45) is 1.84. The molecular weight excluding hydrogens is 435 g/mol. The van der Waals surface area contributed by atoms with Crippen molar-refractivity contribution in [2.45, 2.75) is 26.3 Å². The van der Waals surface area contributed by atoms with Gasteiger partial charge >= 0.3 is 5.97 Å². The van der Waals surface area contributed by atoms with E-state index in [9.17, 15) is 23.5 Å². The molecule has 2 N–H and O–H groups in total. The summed E-state index contributed by atoms with van der Waals surface area (Å²) in [4.78, 5) is 26.3. The molecule has 1 fully saturated rings. The third-order valence-corrected chi connectivity index (χ3v) is 6.27. The highest BCUT2D eigenvalue weighted by Gasteiger charge is 2.29. The Labute approximate surface area is 188 Å². The minimum Gasteiger partial charge on any atom is -0.477 e. The average molecular weight is 459 g/mol. The van der Waals surface area contributed by atoms with Crippen molar-refractivity contribution in [3.63, 3.8) is 0 Å². The van der Waals surface area contributed by atoms with Crippen LogP contribution in [0.25, 0.3) is 16.6 Å². The van der Waals surface area contributed by atoms with Gasteiger partial charge in [-0.15, -0.1) is 0 Å². The van der Waals surface area contributed by atoms with E-state index in [0.29, 0.717) is 25.1 Å². The highest BCUT2D eigenvalue weighted by molar-refractivity contribution is 5.94. The lowest BCUT2D eigenvalue weighted by molar-refractivity contribution is 0.0695. The summed E-state index contributed by atoms with van der Waals surface area (Å²) < 4.78 is 44.4. The highest BCUT2D eigenvalue weighted by Crippen LogP contribution is 2.32. The van der Waals surface area contributed by atoms with E-state index >= 15 is 4.39 Å². The summed E-state index contributed by atoms with van der Waals surface area (Å²) in [5, 5.41) is 12.6. The Hall–Kier alpha value is -3.33. The van der Waals surface area contributed by atoms with E-state index in [1.165, 1.54) is 6.07 Å². The molecule has 0 unspecified atom stereocenters. The molecule has 1 aromatic heterocycles. The monoisotopic (exact) mass is 459 g/mol. The molecule has 0 aliphatic carbocycles. The fraction of sp³-hybridized carbons (Fsp3) is 0.333. The van der Waals surface area contributed by atoms with Gasteiger partial charge in [0.25, 0.3) is 0 Å². The molecule has 3 aromatic rings. The van der Waals surface area contributed by atoms with Crippen LogP contribution in [0, 0.1) is 23.4 Å². The van der Waals surface area contributed by atoms with E-state index in [2.05, 4.69) is 12.2 Å². The Morgan fingerprint density at radius 2 is 1.91 bits per heavy atom. The minimum absolute atomic E-state index is 0.134. The van der Waals surface area contributed by atoms with E-state index in [1.807, 2.05) is 11.8 Å². The number of pyridine rings is 1. The number of nitrogens with one attached hydrogen (secondary N) is 1. The van der Waals surface area contributed by atoms with Gasteiger partial charge in [0.05, 0.1) is 16.9 Å². The number of carboxylic acid groups (broad SMARTS) is 1. The van der Waals surface area contributed by atoms with Crippen molar-refractivity contribution in [1.82, 2.24) is 9.88 Å². The summed E-state index contributed by atoms with van der Waals surface area (Å²) in [5.41, 5.74) is -1.29. The summed E-state index contributed by atoms with van der Waals surface area (Å²) in [6.45, 7) is 6.12. The fourth-order valence-electron chi connectivity index (χ4n) is 4.51. The van der Waals surface area contributed by atoms with Gasteiger partial charge < -0.3 is 19.9 Å². The molecule has 9 heteroatoms. The number of nitrogens with zero attached hydrogens (tertiary/aromatic N) is 2. The minimum atomic E-state index is -1.53. The van der Waals surface area contributed by atoms with Gasteiger partial charge in [-0.2, -0.15) is 0 Å². The van der Waals surface area contributed by atoms with E-state index in [4.69, 9.17) is 0 Å². The van der Waals surface area contributed by atoms with Crippen LogP contribution >= 0.6 is 0 Å². The number of rotatable bonds is 6. The summed E-state index contributed by atoms with van der Waals surface area (Å²) in [7, 11) is 0. The predicted molar refractivity (Wildman–Crippen MR) is 120 cm³/mol. The van der Waals surface area contributed by atoms with Crippen molar-refractivity contribution >= 4 is 22.6 Å². The molecule has 0 radical (unpaired) electrons. The fourth-order valence-corrected chi connectivity index (χ4v) is 4.51. The van der Waals surface area contributed by atoms with E-state index < -0.39 is 34.4 Å². The van der Waals surface area contributed by atoms with Crippen molar-refractivity contribution < 1.29 is 23.1 Å². The number of aromatic nitrogens is 1. The third-order valence-electron chi connectivity index (χ3n) is 6.27. The molecule has 174 valence electrons. The van der Waals surface area contributed by atoms with Crippen LogP contribution in [0.1, 0.15) is 30.6 Å². The van der Waals surface area contributed by atoms with Crippen LogP contribution in [-0.4, -0.2) is 41.3 Å². The van der Waals surface area contributed by atoms with Gasteiger partial charge in [-0.05, 0) is 50.1 Å². The zero-order valence-corrected chi connectivity index (χ0v) is 18.2. The van der Waals surface area contributed by atoms with Gasteiger partial charge in [0, 0.05) is 36.8 Å². The molecule has 0 saturated carbocycles. The number of benzene rings is 2. The molecule has 33 heavy (non-hydrogen) atoms. The van der Waals surface area contributed by atoms with E-state index in [-0.39, 0.29) is 28.3 Å². The normalized spacial score (nSPS) is 17.0. The Morgan fingerprint density at radius 1 is 1.18 bits per heavy atom. The van der Waals surface area contributed by atoms with Crippen molar-refractivity contribution in [1.29, 1.82) is 0 Å². The highest BCUT2D eigenvalue weighted by atomic mass is 19.1. The topological polar surface area (TPSA) is 74.6 Å². The lowest BCUT2D eigenvalue weighted by Gasteiger charge is -2.23. The van der Waals surface area contributed by atoms with Crippen LogP contribution in [-0.2, 0) is 0 Å². The lowest BCUT2D eigenvalue weighted by Crippen LogP contribution is -2.35. The first kappa shape index (κ1) is 22.8. The van der Waals surface area contributed by atoms with Crippen molar-refractivity contribution in [2.75, 3.05) is 24.5 Å². The van der Waals surface area contributed by atoms with Gasteiger partial charge in [0.15, 0.2) is 0 Å². The number of halogens is 3. The van der Waals surface area contributed by atoms with Gasteiger partial charge in [-0.3, -0.25) is 4.79 Å². The largest absolute Gasteiger partial charge is 0.477 e. The Kier molecular flexibility index (Phi) is 6.16. The first-order chi connectivity index (χ1) is 15.7. The van der Waals surface area contributed by atoms with Crippen LogP contribution < -0.4 is 15.6 Å². The summed E-state index contributed by atoms with van der Waals surface area (Å²) in [5.74, 6) is -3.63. The summed E-state index contributed by atoms with van der Waals surface area (Å²) in [6, 6.07) is 5.51. The zero-order valence-electron chi connectivity index (χ0n) is 18.2. The maximum atomic E-state index is 15.2. The molecule has 2 atom stereocenters. The summed E-state index contributed by atoms with van der Waals surface area (Å²) >= 11 is 0. The molecule has 2 aromatic carbocycles. The first-order valence-corrected chi connectivity index (χ1v) is 10.8. The van der Waals surface area contributed by atoms with Crippen molar-refractivity contribution in [3.8, 4) is 5.69 Å². The van der Waals surface area contributed by atoms with Crippen LogP contribution in [0.15, 0.2) is 41.3 Å². The number of carboxylic acids is 1. The molecule has 1 saturated heterocycles. The maximum absolute atomic E-state index is 15.2. The van der Waals surface area contributed by atoms with Crippen LogP contribution in [0.4, 0.5) is 18.9 Å². The molecule has 6 nitrogen and oxygen atoms in total. The smallest absolute Gasteiger partial charge is 0.341 e.